The zero-order valence-electron chi connectivity index (χ0n) is 14.9. The molecule has 7 heteroatoms. The number of rotatable bonds is 5. The fourth-order valence-corrected chi connectivity index (χ4v) is 4.66. The van der Waals surface area contributed by atoms with Crippen LogP contribution in [0.2, 0.25) is 0 Å². The third-order valence-corrected chi connectivity index (χ3v) is 6.33. The summed E-state index contributed by atoms with van der Waals surface area (Å²) in [5, 5.41) is 12.3. The number of aliphatic carboxylic acids is 1. The summed E-state index contributed by atoms with van der Waals surface area (Å²) in [4.78, 5) is 37.8. The first-order valence-electron chi connectivity index (χ1n) is 9.57. The van der Waals surface area contributed by atoms with Crippen LogP contribution in [-0.4, -0.2) is 67.1 Å². The molecule has 3 saturated heterocycles. The van der Waals surface area contributed by atoms with E-state index in [-0.39, 0.29) is 17.2 Å². The van der Waals surface area contributed by atoms with E-state index in [2.05, 4.69) is 5.32 Å². The topological polar surface area (TPSA) is 91.2 Å². The molecule has 0 aromatic heterocycles. The number of nitrogens with one attached hydrogen (secondary N) is 2. The van der Waals surface area contributed by atoms with Crippen LogP contribution in [-0.2, 0) is 14.4 Å². The van der Waals surface area contributed by atoms with Crippen LogP contribution in [0.5, 0.6) is 0 Å². The highest BCUT2D eigenvalue weighted by Crippen LogP contribution is 2.39. The first-order valence-corrected chi connectivity index (χ1v) is 9.57. The number of piperidine rings is 3. The molecular formula is C18H30N3O4+. The molecule has 3 heterocycles. The summed E-state index contributed by atoms with van der Waals surface area (Å²) in [6.07, 6.45) is 6.27. The van der Waals surface area contributed by atoms with E-state index in [1.165, 1.54) is 25.8 Å². The van der Waals surface area contributed by atoms with Gasteiger partial charge in [0.05, 0.1) is 19.6 Å². The Balaban J connectivity index is 1.47. The number of carbonyl (C=O) groups excluding carboxylic acids is 2. The van der Waals surface area contributed by atoms with Crippen LogP contribution in [0.4, 0.5) is 0 Å². The van der Waals surface area contributed by atoms with Gasteiger partial charge < -0.3 is 15.3 Å². The van der Waals surface area contributed by atoms with Gasteiger partial charge in [-0.15, -0.1) is 0 Å². The summed E-state index contributed by atoms with van der Waals surface area (Å²) >= 11 is 0. The number of carboxylic acid groups (broad SMARTS) is 1. The van der Waals surface area contributed by atoms with Gasteiger partial charge in [-0.3, -0.25) is 19.3 Å². The second-order valence-corrected chi connectivity index (χ2v) is 8.10. The number of carbonyl (C=O) groups is 3. The zero-order chi connectivity index (χ0) is 17.9. The Labute approximate surface area is 148 Å². The molecular weight excluding hydrogens is 322 g/mol. The van der Waals surface area contributed by atoms with E-state index in [0.29, 0.717) is 12.8 Å². The largest absolute Gasteiger partial charge is 0.480 e. The second-order valence-electron chi connectivity index (χ2n) is 8.10. The summed E-state index contributed by atoms with van der Waals surface area (Å²) < 4.78 is 0. The van der Waals surface area contributed by atoms with E-state index < -0.39 is 12.5 Å². The summed E-state index contributed by atoms with van der Waals surface area (Å²) in [7, 11) is 0. The van der Waals surface area contributed by atoms with Gasteiger partial charge in [0.1, 0.15) is 6.54 Å². The van der Waals surface area contributed by atoms with Crippen molar-refractivity contribution in [1.29, 1.82) is 0 Å². The average molecular weight is 352 g/mol. The molecule has 3 aliphatic heterocycles. The predicted octanol–water partition coefficient (Wildman–Crippen LogP) is -0.725. The number of nitrogens with zero attached hydrogens (tertiary/aromatic N) is 1. The van der Waals surface area contributed by atoms with Gasteiger partial charge in [0.2, 0.25) is 11.8 Å². The molecule has 0 aliphatic carbocycles. The number of quaternary nitrogens is 1. The highest BCUT2D eigenvalue weighted by atomic mass is 16.4. The van der Waals surface area contributed by atoms with Gasteiger partial charge in [-0.25, -0.2) is 0 Å². The van der Waals surface area contributed by atoms with Gasteiger partial charge in [0.25, 0.3) is 0 Å². The molecule has 0 bridgehead atoms. The van der Waals surface area contributed by atoms with E-state index >= 15 is 0 Å². The fraction of sp³-hybridized carbons (Fsp3) is 0.833. The Bertz CT molecular complexity index is 502. The van der Waals surface area contributed by atoms with Crippen LogP contribution in [0.25, 0.3) is 0 Å². The molecule has 0 saturated carbocycles. The lowest BCUT2D eigenvalue weighted by Crippen LogP contribution is -3.13. The molecule has 0 aromatic carbocycles. The fourth-order valence-electron chi connectivity index (χ4n) is 4.66. The minimum absolute atomic E-state index is 0.221. The summed E-state index contributed by atoms with van der Waals surface area (Å²) in [6.45, 7) is 5.00. The highest BCUT2D eigenvalue weighted by molar-refractivity contribution is 6.00. The van der Waals surface area contributed by atoms with Crippen molar-refractivity contribution in [3.05, 3.63) is 0 Å². The normalized spacial score (nSPS) is 25.5. The number of hydrogen-bond donors (Lipinski definition) is 3. The lowest BCUT2D eigenvalue weighted by Gasteiger charge is -2.43. The van der Waals surface area contributed by atoms with E-state index in [1.807, 2.05) is 0 Å². The molecule has 1 spiro atoms. The van der Waals surface area contributed by atoms with Gasteiger partial charge >= 0.3 is 5.97 Å². The first kappa shape index (κ1) is 18.3. The first-order chi connectivity index (χ1) is 12.0. The van der Waals surface area contributed by atoms with Crippen LogP contribution < -0.4 is 10.2 Å². The predicted molar refractivity (Wildman–Crippen MR) is 91.0 cm³/mol. The number of carboxylic acids is 1. The van der Waals surface area contributed by atoms with Crippen molar-refractivity contribution in [2.75, 3.05) is 39.3 Å². The van der Waals surface area contributed by atoms with Crippen molar-refractivity contribution in [2.45, 2.75) is 44.9 Å². The highest BCUT2D eigenvalue weighted by Gasteiger charge is 2.46. The molecule has 3 fully saturated rings. The molecule has 0 radical (unpaired) electrons. The summed E-state index contributed by atoms with van der Waals surface area (Å²) in [6, 6.07) is 0. The maximum Gasteiger partial charge on any atom is 0.323 e. The standard InChI is InChI=1S/C18H29N3O4/c22-15-11-18(12-16(23)21(15)13-17(24)25)4-9-20(10-5-18)8-3-14-1-6-19-7-2-14/h14,19H,1-13H2,(H,24,25)/p+1. The molecule has 140 valence electrons. The summed E-state index contributed by atoms with van der Waals surface area (Å²) in [5.41, 5.74) is -0.221. The van der Waals surface area contributed by atoms with Crippen molar-refractivity contribution in [1.82, 2.24) is 10.2 Å². The molecule has 0 unspecified atom stereocenters. The molecule has 2 amide bonds. The SMILES string of the molecule is O=C(O)CN1C(=O)CC2(CC[NH+](CCC3CCNCC3)CC2)CC1=O. The molecule has 3 rings (SSSR count). The zero-order valence-corrected chi connectivity index (χ0v) is 14.9. The van der Waals surface area contributed by atoms with Gasteiger partial charge in [-0.05, 0) is 43.7 Å². The van der Waals surface area contributed by atoms with Crippen molar-refractivity contribution >= 4 is 17.8 Å². The summed E-state index contributed by atoms with van der Waals surface area (Å²) in [5.74, 6) is -0.907. The van der Waals surface area contributed by atoms with Crippen LogP contribution in [0.3, 0.4) is 0 Å². The van der Waals surface area contributed by atoms with Crippen molar-refractivity contribution in [2.24, 2.45) is 11.3 Å². The third kappa shape index (κ3) is 4.58. The number of hydrogen-bond acceptors (Lipinski definition) is 4. The molecule has 25 heavy (non-hydrogen) atoms. The third-order valence-electron chi connectivity index (χ3n) is 6.33. The monoisotopic (exact) mass is 352 g/mol. The molecule has 0 aromatic rings. The number of likely N-dealkylation sites (tertiary alicyclic amines) is 2. The number of amides is 2. The van der Waals surface area contributed by atoms with Crippen LogP contribution in [0.15, 0.2) is 0 Å². The number of imide groups is 1. The Morgan fingerprint density at radius 2 is 1.76 bits per heavy atom. The molecule has 3 N–H and O–H groups in total. The van der Waals surface area contributed by atoms with Gasteiger partial charge in [0, 0.05) is 25.7 Å². The van der Waals surface area contributed by atoms with Crippen molar-refractivity contribution in [3.63, 3.8) is 0 Å². The maximum atomic E-state index is 12.3. The van der Waals surface area contributed by atoms with Gasteiger partial charge in [-0.2, -0.15) is 0 Å². The van der Waals surface area contributed by atoms with Crippen molar-refractivity contribution < 1.29 is 24.4 Å². The Hall–Kier alpha value is -1.47. The lowest BCUT2D eigenvalue weighted by atomic mass is 9.70. The van der Waals surface area contributed by atoms with Crippen LogP contribution in [0.1, 0.15) is 44.9 Å². The van der Waals surface area contributed by atoms with E-state index in [9.17, 15) is 14.4 Å². The quantitative estimate of drug-likeness (QED) is 0.568. The minimum atomic E-state index is -1.13. The van der Waals surface area contributed by atoms with Crippen LogP contribution in [0, 0.1) is 11.3 Å². The maximum absolute atomic E-state index is 12.3. The Morgan fingerprint density at radius 1 is 1.16 bits per heavy atom. The van der Waals surface area contributed by atoms with Gasteiger partial charge in [-0.1, -0.05) is 0 Å². The van der Waals surface area contributed by atoms with E-state index in [4.69, 9.17) is 5.11 Å². The molecule has 7 nitrogen and oxygen atoms in total. The molecule has 3 aliphatic rings. The Morgan fingerprint density at radius 3 is 2.32 bits per heavy atom. The Kier molecular flexibility index (Phi) is 5.74. The molecule has 0 atom stereocenters. The second kappa shape index (κ2) is 7.83. The van der Waals surface area contributed by atoms with Gasteiger partial charge in [0.15, 0.2) is 0 Å². The van der Waals surface area contributed by atoms with Crippen molar-refractivity contribution in [3.8, 4) is 0 Å². The minimum Gasteiger partial charge on any atom is -0.480 e. The average Bonchev–Trinajstić information content (AvgIpc) is 2.59. The van der Waals surface area contributed by atoms with E-state index in [1.54, 1.807) is 4.90 Å². The lowest BCUT2D eigenvalue weighted by molar-refractivity contribution is -0.908. The smallest absolute Gasteiger partial charge is 0.323 e. The van der Waals surface area contributed by atoms with E-state index in [0.717, 1.165) is 49.8 Å². The van der Waals surface area contributed by atoms with Crippen LogP contribution >= 0.6 is 0 Å².